The predicted octanol–water partition coefficient (Wildman–Crippen LogP) is 3.33. The zero-order valence-electron chi connectivity index (χ0n) is 15.6. The number of rotatable bonds is 4. The smallest absolute Gasteiger partial charge is 0.349 e. The predicted molar refractivity (Wildman–Crippen MR) is 99.3 cm³/mol. The van der Waals surface area contributed by atoms with Gasteiger partial charge >= 0.3 is 5.63 Å². The average molecular weight is 369 g/mol. The van der Waals surface area contributed by atoms with E-state index in [2.05, 4.69) is 0 Å². The highest BCUT2D eigenvalue weighted by Crippen LogP contribution is 2.36. The van der Waals surface area contributed by atoms with Crippen molar-refractivity contribution in [3.05, 3.63) is 57.6 Å². The Morgan fingerprint density at radius 1 is 1.22 bits per heavy atom. The first kappa shape index (κ1) is 17.6. The van der Waals surface area contributed by atoms with Gasteiger partial charge in [0.05, 0.1) is 0 Å². The summed E-state index contributed by atoms with van der Waals surface area (Å²) in [6.45, 7) is 2.67. The molecule has 1 saturated carbocycles. The molecular weight excluding hydrogens is 346 g/mol. The van der Waals surface area contributed by atoms with Gasteiger partial charge in [0.25, 0.3) is 5.91 Å². The number of carbonyl (C=O) groups excluding carboxylic acids is 1. The summed E-state index contributed by atoms with van der Waals surface area (Å²) in [7, 11) is 1.74. The number of fused-ring (bicyclic) bond motifs is 1. The molecule has 0 spiro atoms. The van der Waals surface area contributed by atoms with Gasteiger partial charge in [-0.3, -0.25) is 4.79 Å². The molecule has 1 amide bonds. The second-order valence-corrected chi connectivity index (χ2v) is 7.34. The lowest BCUT2D eigenvalue weighted by Gasteiger charge is -2.30. The van der Waals surface area contributed by atoms with Gasteiger partial charge in [0, 0.05) is 13.6 Å². The maximum absolute atomic E-state index is 12.7. The van der Waals surface area contributed by atoms with Gasteiger partial charge in [0.1, 0.15) is 12.2 Å². The highest BCUT2D eigenvalue weighted by Gasteiger charge is 2.29. The highest BCUT2D eigenvalue weighted by atomic mass is 16.6. The lowest BCUT2D eigenvalue weighted by atomic mass is 9.85. The van der Waals surface area contributed by atoms with E-state index in [1.165, 1.54) is 6.42 Å². The Hall–Kier alpha value is -2.76. The summed E-state index contributed by atoms with van der Waals surface area (Å²) in [4.78, 5) is 26.9. The van der Waals surface area contributed by atoms with E-state index in [0.717, 1.165) is 12.8 Å². The number of benzene rings is 1. The van der Waals surface area contributed by atoms with E-state index in [9.17, 15) is 9.59 Å². The maximum Gasteiger partial charge on any atom is 0.349 e. The van der Waals surface area contributed by atoms with Crippen molar-refractivity contribution in [2.45, 2.75) is 32.3 Å². The molecule has 0 N–H and O–H groups in total. The fourth-order valence-corrected chi connectivity index (χ4v) is 3.54. The van der Waals surface area contributed by atoms with E-state index >= 15 is 0 Å². The number of carbonyl (C=O) groups is 1. The van der Waals surface area contributed by atoms with Crippen LogP contribution in [0.3, 0.4) is 0 Å². The van der Waals surface area contributed by atoms with E-state index in [4.69, 9.17) is 13.9 Å². The van der Waals surface area contributed by atoms with Crippen LogP contribution in [0.5, 0.6) is 11.5 Å². The van der Waals surface area contributed by atoms with Crippen LogP contribution in [0.2, 0.25) is 0 Å². The van der Waals surface area contributed by atoms with Crippen molar-refractivity contribution in [1.29, 1.82) is 0 Å². The molecule has 0 radical (unpaired) electrons. The van der Waals surface area contributed by atoms with Crippen LogP contribution in [-0.4, -0.2) is 31.0 Å². The molecular formula is C21H23NO5. The maximum atomic E-state index is 12.7. The first-order chi connectivity index (χ1) is 13.0. The summed E-state index contributed by atoms with van der Waals surface area (Å²) in [5.41, 5.74) is 0.0600. The van der Waals surface area contributed by atoms with Crippen LogP contribution in [0, 0.1) is 12.8 Å². The normalized spacial score (nSPS) is 18.7. The van der Waals surface area contributed by atoms with Crippen LogP contribution >= 0.6 is 0 Å². The first-order valence-electron chi connectivity index (χ1n) is 9.31. The molecule has 0 bridgehead atoms. The van der Waals surface area contributed by atoms with Crippen molar-refractivity contribution in [2.75, 3.05) is 20.2 Å². The van der Waals surface area contributed by atoms with E-state index in [0.29, 0.717) is 35.3 Å². The molecule has 27 heavy (non-hydrogen) atoms. The quantitative estimate of drug-likeness (QED) is 0.827. The van der Waals surface area contributed by atoms with Gasteiger partial charge in [0.2, 0.25) is 0 Å². The SMILES string of the molecule is Cc1cc(C2COc3ccccc3O2)oc(=O)c1C(=O)N(C)CC1CCC1. The number of ether oxygens (including phenoxy) is 2. The second kappa shape index (κ2) is 7.10. The van der Waals surface area contributed by atoms with Gasteiger partial charge in [-0.1, -0.05) is 18.6 Å². The van der Waals surface area contributed by atoms with Crippen molar-refractivity contribution >= 4 is 5.91 Å². The van der Waals surface area contributed by atoms with Gasteiger partial charge in [-0.2, -0.15) is 0 Å². The van der Waals surface area contributed by atoms with Crippen molar-refractivity contribution in [3.63, 3.8) is 0 Å². The Kier molecular flexibility index (Phi) is 4.64. The number of aryl methyl sites for hydroxylation is 1. The van der Waals surface area contributed by atoms with Crippen molar-refractivity contribution in [2.24, 2.45) is 5.92 Å². The highest BCUT2D eigenvalue weighted by molar-refractivity contribution is 5.95. The molecule has 1 atom stereocenters. The molecule has 1 unspecified atom stereocenters. The molecule has 1 aliphatic carbocycles. The van der Waals surface area contributed by atoms with Crippen LogP contribution in [0.1, 0.15) is 47.0 Å². The van der Waals surface area contributed by atoms with Gasteiger partial charge in [-0.25, -0.2) is 4.79 Å². The Morgan fingerprint density at radius 2 is 1.96 bits per heavy atom. The van der Waals surface area contributed by atoms with E-state index in [1.807, 2.05) is 18.2 Å². The Labute approximate surface area is 157 Å². The number of amides is 1. The number of hydrogen-bond acceptors (Lipinski definition) is 5. The minimum Gasteiger partial charge on any atom is -0.485 e. The van der Waals surface area contributed by atoms with Crippen LogP contribution in [0.15, 0.2) is 39.5 Å². The summed E-state index contributed by atoms with van der Waals surface area (Å²) in [6, 6.07) is 9.05. The third-order valence-corrected chi connectivity index (χ3v) is 5.31. The summed E-state index contributed by atoms with van der Waals surface area (Å²) >= 11 is 0. The van der Waals surface area contributed by atoms with Crippen molar-refractivity contribution in [1.82, 2.24) is 4.90 Å². The van der Waals surface area contributed by atoms with E-state index in [1.54, 1.807) is 31.0 Å². The monoisotopic (exact) mass is 369 g/mol. The Balaban J connectivity index is 1.55. The molecule has 1 aromatic carbocycles. The third kappa shape index (κ3) is 3.44. The molecule has 2 aromatic rings. The van der Waals surface area contributed by atoms with Crippen molar-refractivity contribution in [3.8, 4) is 11.5 Å². The molecule has 6 heteroatoms. The average Bonchev–Trinajstić information content (AvgIpc) is 2.63. The molecule has 4 rings (SSSR count). The molecule has 1 fully saturated rings. The Bertz CT molecular complexity index is 915. The summed E-state index contributed by atoms with van der Waals surface area (Å²) < 4.78 is 17.0. The summed E-state index contributed by atoms with van der Waals surface area (Å²) in [5.74, 6) is 1.89. The Morgan fingerprint density at radius 3 is 2.63 bits per heavy atom. The van der Waals surface area contributed by atoms with Crippen LogP contribution < -0.4 is 15.1 Å². The molecule has 142 valence electrons. The van der Waals surface area contributed by atoms with Crippen LogP contribution in [0.25, 0.3) is 0 Å². The number of hydrogen-bond donors (Lipinski definition) is 0. The minimum absolute atomic E-state index is 0.0951. The minimum atomic E-state index is -0.627. The lowest BCUT2D eigenvalue weighted by Crippen LogP contribution is -2.37. The second-order valence-electron chi connectivity index (χ2n) is 7.34. The first-order valence-corrected chi connectivity index (χ1v) is 9.31. The molecule has 1 aromatic heterocycles. The fourth-order valence-electron chi connectivity index (χ4n) is 3.54. The van der Waals surface area contributed by atoms with Crippen LogP contribution in [0.4, 0.5) is 0 Å². The molecule has 1 aliphatic heterocycles. The zero-order chi connectivity index (χ0) is 19.0. The molecule has 2 heterocycles. The van der Waals surface area contributed by atoms with Crippen molar-refractivity contribution < 1.29 is 18.7 Å². The largest absolute Gasteiger partial charge is 0.485 e. The zero-order valence-corrected chi connectivity index (χ0v) is 15.6. The van der Waals surface area contributed by atoms with Gasteiger partial charge in [0.15, 0.2) is 23.4 Å². The molecule has 6 nitrogen and oxygen atoms in total. The van der Waals surface area contributed by atoms with E-state index < -0.39 is 11.7 Å². The third-order valence-electron chi connectivity index (χ3n) is 5.31. The van der Waals surface area contributed by atoms with E-state index in [-0.39, 0.29) is 18.1 Å². The number of para-hydroxylation sites is 2. The lowest BCUT2D eigenvalue weighted by molar-refractivity contribution is 0.0696. The van der Waals surface area contributed by atoms with Gasteiger partial charge in [-0.05, 0) is 49.4 Å². The summed E-state index contributed by atoms with van der Waals surface area (Å²) in [6.07, 6.45) is 2.98. The number of nitrogens with zero attached hydrogens (tertiary/aromatic N) is 1. The summed E-state index contributed by atoms with van der Waals surface area (Å²) in [5, 5.41) is 0. The fraction of sp³-hybridized carbons (Fsp3) is 0.429. The van der Waals surface area contributed by atoms with Gasteiger partial charge in [-0.15, -0.1) is 0 Å². The molecule has 2 aliphatic rings. The van der Waals surface area contributed by atoms with Crippen LogP contribution in [-0.2, 0) is 0 Å². The standard InChI is InChI=1S/C21H23NO5/c1-13-10-17(18-12-25-15-8-3-4-9-16(15)26-18)27-21(24)19(13)20(23)22(2)11-14-6-5-7-14/h3-4,8-10,14,18H,5-7,11-12H2,1-2H3. The van der Waals surface area contributed by atoms with Gasteiger partial charge < -0.3 is 18.8 Å². The molecule has 0 saturated heterocycles. The topological polar surface area (TPSA) is 69.0 Å².